The normalized spacial score (nSPS) is 19.0. The Kier molecular flexibility index (Phi) is 14.2. The molecule has 0 spiro atoms. The van der Waals surface area contributed by atoms with E-state index in [9.17, 15) is 24.6 Å². The minimum atomic E-state index is -0.790. The van der Waals surface area contributed by atoms with Crippen LogP contribution >= 0.6 is 11.8 Å². The van der Waals surface area contributed by atoms with Crippen molar-refractivity contribution in [1.82, 2.24) is 5.32 Å². The summed E-state index contributed by atoms with van der Waals surface area (Å²) in [4.78, 5) is 35.9. The Hall–Kier alpha value is -1.18. The van der Waals surface area contributed by atoms with E-state index in [2.05, 4.69) is 5.32 Å². The van der Waals surface area contributed by atoms with Gasteiger partial charge in [0.2, 0.25) is 5.91 Å². The van der Waals surface area contributed by atoms with Gasteiger partial charge in [-0.25, -0.2) is 0 Å². The predicted octanol–water partition coefficient (Wildman–Crippen LogP) is 3.60. The van der Waals surface area contributed by atoms with Gasteiger partial charge in [-0.15, -0.1) is 0 Å². The molecule has 0 saturated carbocycles. The molecule has 3 N–H and O–H groups in total. The van der Waals surface area contributed by atoms with Crippen LogP contribution in [-0.4, -0.2) is 51.5 Å². The highest BCUT2D eigenvalue weighted by atomic mass is 32.2. The highest BCUT2D eigenvalue weighted by Gasteiger charge is 2.29. The summed E-state index contributed by atoms with van der Waals surface area (Å²) in [7, 11) is 0. The Morgan fingerprint density at radius 1 is 0.935 bits per heavy atom. The van der Waals surface area contributed by atoms with Gasteiger partial charge in [0.05, 0.1) is 18.1 Å². The summed E-state index contributed by atoms with van der Waals surface area (Å²) in [5.74, 6) is -0.977. The molecule has 0 aliphatic carbocycles. The maximum Gasteiger partial charge on any atom is 0.216 e. The summed E-state index contributed by atoms with van der Waals surface area (Å²) in [6.45, 7) is 15.0. The van der Waals surface area contributed by atoms with E-state index in [-0.39, 0.29) is 34.6 Å². The number of amides is 1. The molecule has 0 saturated heterocycles. The van der Waals surface area contributed by atoms with Crippen molar-refractivity contribution in [3.05, 3.63) is 11.6 Å². The second-order valence-corrected chi connectivity index (χ2v) is 10.1. The minimum Gasteiger partial charge on any atom is -0.392 e. The Labute approximate surface area is 192 Å². The molecular weight excluding hydrogens is 414 g/mol. The van der Waals surface area contributed by atoms with Crippen LogP contribution in [0.1, 0.15) is 68.2 Å². The Morgan fingerprint density at radius 2 is 1.48 bits per heavy atom. The second kappa shape index (κ2) is 14.8. The summed E-state index contributed by atoms with van der Waals surface area (Å²) in [6.07, 6.45) is 1.86. The van der Waals surface area contributed by atoms with Crippen LogP contribution in [0, 0.1) is 29.6 Å². The number of hydrogen-bond acceptors (Lipinski definition) is 6. The lowest BCUT2D eigenvalue weighted by molar-refractivity contribution is -0.129. The summed E-state index contributed by atoms with van der Waals surface area (Å²) >= 11 is 1.12. The van der Waals surface area contributed by atoms with Gasteiger partial charge in [0.25, 0.3) is 0 Å². The molecule has 0 aromatic rings. The zero-order valence-electron chi connectivity index (χ0n) is 20.5. The van der Waals surface area contributed by atoms with Crippen LogP contribution < -0.4 is 5.32 Å². The van der Waals surface area contributed by atoms with Crippen LogP contribution in [0.4, 0.5) is 0 Å². The molecule has 0 fully saturated rings. The zero-order valence-corrected chi connectivity index (χ0v) is 21.3. The molecular formula is C24H43NO5S. The molecule has 0 aliphatic heterocycles. The van der Waals surface area contributed by atoms with Gasteiger partial charge in [-0.3, -0.25) is 14.4 Å². The largest absolute Gasteiger partial charge is 0.392 e. The molecule has 0 aromatic carbocycles. The number of Topliss-reactive ketones (excluding diaryl/α,β-unsaturated/α-hetero) is 1. The molecule has 0 heterocycles. The Balaban J connectivity index is 4.77. The van der Waals surface area contributed by atoms with Crippen molar-refractivity contribution in [2.45, 2.75) is 80.4 Å². The van der Waals surface area contributed by atoms with Crippen molar-refractivity contribution >= 4 is 28.6 Å². The van der Waals surface area contributed by atoms with Crippen molar-refractivity contribution in [2.75, 3.05) is 12.3 Å². The molecule has 0 aromatic heterocycles. The highest BCUT2D eigenvalue weighted by molar-refractivity contribution is 8.13. The van der Waals surface area contributed by atoms with Crippen LogP contribution in [-0.2, 0) is 14.4 Å². The monoisotopic (exact) mass is 457 g/mol. The fourth-order valence-electron chi connectivity index (χ4n) is 3.67. The van der Waals surface area contributed by atoms with Gasteiger partial charge in [0.1, 0.15) is 5.78 Å². The first-order valence-electron chi connectivity index (χ1n) is 11.3. The molecule has 0 radical (unpaired) electrons. The standard InChI is InChI=1S/C24H43NO5S/c1-9-15(3)21(27)18(6)22(28)16(4)12-14(2)13-17(5)23(29)19(7)24(30)31-11-10-25-20(8)26/h12,15-19,21,23,27,29H,9-11,13H2,1-8H3,(H,25,26)/b14-12+/t15-,16-,17+,18+,19+,21-,23+/m1/s1. The van der Waals surface area contributed by atoms with Gasteiger partial charge in [-0.05, 0) is 25.2 Å². The lowest BCUT2D eigenvalue weighted by atomic mass is 9.83. The molecule has 0 rings (SSSR count). The van der Waals surface area contributed by atoms with Crippen LogP contribution in [0.15, 0.2) is 11.6 Å². The van der Waals surface area contributed by atoms with Crippen LogP contribution in [0.5, 0.6) is 0 Å². The Morgan fingerprint density at radius 3 is 2.00 bits per heavy atom. The molecule has 180 valence electrons. The molecule has 6 nitrogen and oxygen atoms in total. The first-order chi connectivity index (χ1) is 14.3. The van der Waals surface area contributed by atoms with E-state index in [0.29, 0.717) is 18.7 Å². The van der Waals surface area contributed by atoms with Gasteiger partial charge < -0.3 is 15.5 Å². The van der Waals surface area contributed by atoms with Crippen LogP contribution in [0.25, 0.3) is 0 Å². The smallest absolute Gasteiger partial charge is 0.216 e. The number of allylic oxidation sites excluding steroid dienone is 2. The number of carbonyl (C=O) groups is 3. The van der Waals surface area contributed by atoms with Crippen molar-refractivity contribution in [3.8, 4) is 0 Å². The van der Waals surface area contributed by atoms with Crippen molar-refractivity contribution < 1.29 is 24.6 Å². The van der Waals surface area contributed by atoms with E-state index in [1.165, 1.54) is 6.92 Å². The lowest BCUT2D eigenvalue weighted by Crippen LogP contribution is -2.33. The van der Waals surface area contributed by atoms with Crippen molar-refractivity contribution in [3.63, 3.8) is 0 Å². The summed E-state index contributed by atoms with van der Waals surface area (Å²) < 4.78 is 0. The lowest BCUT2D eigenvalue weighted by Gasteiger charge is -2.26. The van der Waals surface area contributed by atoms with E-state index >= 15 is 0 Å². The number of hydrogen-bond donors (Lipinski definition) is 3. The van der Waals surface area contributed by atoms with Gasteiger partial charge in [0.15, 0.2) is 5.12 Å². The second-order valence-electron chi connectivity index (χ2n) is 8.98. The Bertz CT molecular complexity index is 621. The summed E-state index contributed by atoms with van der Waals surface area (Å²) in [5, 5.41) is 23.5. The van der Waals surface area contributed by atoms with E-state index in [1.807, 2.05) is 40.7 Å². The number of ketones is 1. The number of carbonyl (C=O) groups excluding carboxylic acids is 3. The number of nitrogens with one attached hydrogen (secondary N) is 1. The van der Waals surface area contributed by atoms with E-state index < -0.39 is 24.0 Å². The summed E-state index contributed by atoms with van der Waals surface area (Å²) in [5.41, 5.74) is 0.982. The first kappa shape index (κ1) is 29.8. The van der Waals surface area contributed by atoms with Crippen molar-refractivity contribution in [1.29, 1.82) is 0 Å². The molecule has 0 unspecified atom stereocenters. The zero-order chi connectivity index (χ0) is 24.3. The molecule has 0 bridgehead atoms. The van der Waals surface area contributed by atoms with E-state index in [1.54, 1.807) is 13.8 Å². The molecule has 1 amide bonds. The number of aliphatic hydroxyl groups is 2. The van der Waals surface area contributed by atoms with Gasteiger partial charge >= 0.3 is 0 Å². The first-order valence-corrected chi connectivity index (χ1v) is 12.3. The van der Waals surface area contributed by atoms with Crippen LogP contribution in [0.2, 0.25) is 0 Å². The van der Waals surface area contributed by atoms with Crippen LogP contribution in [0.3, 0.4) is 0 Å². The third-order valence-electron chi connectivity index (χ3n) is 6.00. The maximum atomic E-state index is 12.7. The topological polar surface area (TPSA) is 104 Å². The third-order valence-corrected chi connectivity index (χ3v) is 7.07. The number of aliphatic hydroxyl groups excluding tert-OH is 2. The van der Waals surface area contributed by atoms with Gasteiger partial charge in [-0.1, -0.05) is 71.4 Å². The molecule has 0 aliphatic rings. The fourth-order valence-corrected chi connectivity index (χ4v) is 4.47. The number of thioether (sulfide) groups is 1. The maximum absolute atomic E-state index is 12.7. The third kappa shape index (κ3) is 10.8. The average molecular weight is 458 g/mol. The molecule has 7 atom stereocenters. The minimum absolute atomic E-state index is 0.0134. The molecule has 7 heteroatoms. The van der Waals surface area contributed by atoms with E-state index in [0.717, 1.165) is 23.8 Å². The fraction of sp³-hybridized carbons (Fsp3) is 0.792. The summed E-state index contributed by atoms with van der Waals surface area (Å²) in [6, 6.07) is 0. The highest BCUT2D eigenvalue weighted by Crippen LogP contribution is 2.26. The van der Waals surface area contributed by atoms with Gasteiger partial charge in [-0.2, -0.15) is 0 Å². The number of rotatable bonds is 14. The van der Waals surface area contributed by atoms with Gasteiger partial charge in [0, 0.05) is 31.1 Å². The SMILES string of the molecule is CC[C@@H](C)[C@@H](O)[C@H](C)C(=O)[C@H](C)/C=C(\C)C[C@H](C)[C@H](O)[C@H](C)C(=O)SCCNC(C)=O. The van der Waals surface area contributed by atoms with E-state index in [4.69, 9.17) is 0 Å². The predicted molar refractivity (Wildman–Crippen MR) is 128 cm³/mol. The van der Waals surface area contributed by atoms with Crippen molar-refractivity contribution in [2.24, 2.45) is 29.6 Å². The molecule has 31 heavy (non-hydrogen) atoms. The quantitative estimate of drug-likeness (QED) is 0.272. The average Bonchev–Trinajstić information content (AvgIpc) is 2.72.